The SMILES string of the molecule is Cn1nc(NS(C)(=O)=O)c2c(Cl)ccc(-c3ccc(C#CC(C)(C)O)nc3[C@@H](CC(=O)OC(C)(C)C)Cc3cc(F)cc(F)c3)c21. The number of benzene rings is 2. The number of rotatable bonds is 8. The van der Waals surface area contributed by atoms with E-state index in [0.29, 0.717) is 27.7 Å². The first-order valence-corrected chi connectivity index (χ1v) is 16.5. The van der Waals surface area contributed by atoms with Crippen molar-refractivity contribution >= 4 is 44.3 Å². The van der Waals surface area contributed by atoms with Crippen LogP contribution in [0.5, 0.6) is 0 Å². The molecule has 0 spiro atoms. The van der Waals surface area contributed by atoms with Crippen molar-refractivity contribution in [2.45, 2.75) is 64.6 Å². The number of aliphatic hydroxyl groups is 1. The number of aryl methyl sites for hydroxylation is 1. The first-order valence-electron chi connectivity index (χ1n) is 14.3. The summed E-state index contributed by atoms with van der Waals surface area (Å²) in [7, 11) is -2.09. The van der Waals surface area contributed by atoms with Crippen LogP contribution in [0.15, 0.2) is 42.5 Å². The lowest BCUT2D eigenvalue weighted by molar-refractivity contribution is -0.155. The number of fused-ring (bicyclic) bond motifs is 1. The third-order valence-electron chi connectivity index (χ3n) is 6.56. The van der Waals surface area contributed by atoms with E-state index in [-0.39, 0.29) is 34.9 Å². The van der Waals surface area contributed by atoms with Crippen molar-refractivity contribution in [2.75, 3.05) is 11.0 Å². The van der Waals surface area contributed by atoms with Crippen LogP contribution in [0, 0.1) is 23.5 Å². The van der Waals surface area contributed by atoms with Crippen LogP contribution in [0.2, 0.25) is 5.02 Å². The number of nitrogens with zero attached hydrogens (tertiary/aromatic N) is 3. The molecule has 0 unspecified atom stereocenters. The summed E-state index contributed by atoms with van der Waals surface area (Å²) in [5, 5.41) is 15.1. The van der Waals surface area contributed by atoms with Crippen molar-refractivity contribution in [3.8, 4) is 23.0 Å². The standard InChI is InChI=1S/C33H35ClF2N4O5S/c1-32(2,3)45-27(41)17-20(14-19-15-21(35)18-22(36)16-19)29-24(9-8-23(37-29)12-13-33(4,5)42)25-10-11-26(34)28-30(25)40(6)38-31(28)39-46(7,43)44/h8-11,15-16,18,20,42H,14,17H2,1-7H3,(H,38,39)/t20-/m1/s1. The molecule has 0 amide bonds. The second-order valence-corrected chi connectivity index (χ2v) is 14.7. The fourth-order valence-electron chi connectivity index (χ4n) is 5.01. The number of hydrogen-bond acceptors (Lipinski definition) is 7. The Morgan fingerprint density at radius 2 is 1.72 bits per heavy atom. The molecule has 9 nitrogen and oxygen atoms in total. The minimum atomic E-state index is -3.71. The molecule has 0 aliphatic heterocycles. The highest BCUT2D eigenvalue weighted by Crippen LogP contribution is 2.41. The van der Waals surface area contributed by atoms with Crippen LogP contribution in [0.3, 0.4) is 0 Å². The number of pyridine rings is 1. The van der Waals surface area contributed by atoms with Gasteiger partial charge in [-0.05, 0) is 82.9 Å². The van der Waals surface area contributed by atoms with Crippen molar-refractivity contribution in [3.05, 3.63) is 76.1 Å². The monoisotopic (exact) mass is 672 g/mol. The molecule has 0 saturated carbocycles. The topological polar surface area (TPSA) is 123 Å². The lowest BCUT2D eigenvalue weighted by Gasteiger charge is -2.24. The van der Waals surface area contributed by atoms with Crippen molar-refractivity contribution < 1.29 is 31.8 Å². The van der Waals surface area contributed by atoms with Gasteiger partial charge in [0.1, 0.15) is 28.5 Å². The van der Waals surface area contributed by atoms with Crippen molar-refractivity contribution in [3.63, 3.8) is 0 Å². The summed E-state index contributed by atoms with van der Waals surface area (Å²) < 4.78 is 62.3. The molecule has 2 aromatic heterocycles. The predicted molar refractivity (Wildman–Crippen MR) is 174 cm³/mol. The van der Waals surface area contributed by atoms with Gasteiger partial charge in [0.05, 0.1) is 34.3 Å². The fourth-order valence-corrected chi connectivity index (χ4v) is 5.74. The number of carbonyl (C=O) groups excluding carboxylic acids is 1. The number of nitrogens with one attached hydrogen (secondary N) is 1. The van der Waals surface area contributed by atoms with Gasteiger partial charge in [0, 0.05) is 30.2 Å². The van der Waals surface area contributed by atoms with Crippen LogP contribution < -0.4 is 4.72 Å². The number of sulfonamides is 1. The van der Waals surface area contributed by atoms with Crippen LogP contribution in [0.1, 0.15) is 63.9 Å². The van der Waals surface area contributed by atoms with E-state index in [9.17, 15) is 27.1 Å². The maximum Gasteiger partial charge on any atom is 0.306 e. The van der Waals surface area contributed by atoms with Gasteiger partial charge in [0.25, 0.3) is 0 Å². The summed E-state index contributed by atoms with van der Waals surface area (Å²) in [4.78, 5) is 18.1. The molecule has 0 fully saturated rings. The Bertz CT molecular complexity index is 1970. The van der Waals surface area contributed by atoms with Crippen LogP contribution in [0.4, 0.5) is 14.6 Å². The van der Waals surface area contributed by atoms with Gasteiger partial charge in [-0.25, -0.2) is 22.2 Å². The Labute approximate surface area is 272 Å². The van der Waals surface area contributed by atoms with Crippen molar-refractivity contribution in [2.24, 2.45) is 7.05 Å². The van der Waals surface area contributed by atoms with Crippen LogP contribution in [0.25, 0.3) is 22.0 Å². The number of ether oxygens (including phenoxy) is 1. The Morgan fingerprint density at radius 3 is 2.30 bits per heavy atom. The molecule has 2 N–H and O–H groups in total. The number of esters is 1. The minimum absolute atomic E-state index is 0.000693. The number of halogens is 3. The third kappa shape index (κ3) is 9.02. The van der Waals surface area contributed by atoms with Crippen LogP contribution >= 0.6 is 11.6 Å². The van der Waals surface area contributed by atoms with E-state index in [4.69, 9.17) is 21.3 Å². The van der Waals surface area contributed by atoms with E-state index in [2.05, 4.69) is 21.7 Å². The number of aromatic nitrogens is 3. The smallest absolute Gasteiger partial charge is 0.306 e. The minimum Gasteiger partial charge on any atom is -0.460 e. The molecule has 4 aromatic rings. The third-order valence-corrected chi connectivity index (χ3v) is 7.43. The van der Waals surface area contributed by atoms with E-state index >= 15 is 0 Å². The summed E-state index contributed by atoms with van der Waals surface area (Å²) in [5.41, 5.74) is 0.294. The Kier molecular flexibility index (Phi) is 9.83. The molecular formula is C33H35ClF2N4O5S. The van der Waals surface area contributed by atoms with Crippen molar-refractivity contribution in [1.82, 2.24) is 14.8 Å². The number of hydrogen-bond donors (Lipinski definition) is 2. The number of carbonyl (C=O) groups is 1. The Balaban J connectivity index is 2.01. The molecule has 0 aliphatic carbocycles. The molecule has 13 heteroatoms. The normalized spacial score (nSPS) is 12.8. The molecule has 244 valence electrons. The molecule has 4 rings (SSSR count). The van der Waals surface area contributed by atoms with Gasteiger partial charge < -0.3 is 9.84 Å². The first kappa shape index (κ1) is 34.8. The molecule has 0 aliphatic rings. The largest absolute Gasteiger partial charge is 0.460 e. The highest BCUT2D eigenvalue weighted by atomic mass is 35.5. The first-order chi connectivity index (χ1) is 21.2. The van der Waals surface area contributed by atoms with Gasteiger partial charge in [-0.15, -0.1) is 0 Å². The van der Waals surface area contributed by atoms with Gasteiger partial charge in [-0.3, -0.25) is 14.2 Å². The van der Waals surface area contributed by atoms with Gasteiger partial charge in [0.2, 0.25) is 10.0 Å². The molecule has 0 radical (unpaired) electrons. The lowest BCUT2D eigenvalue weighted by atomic mass is 9.87. The van der Waals surface area contributed by atoms with E-state index < -0.39 is 44.7 Å². The highest BCUT2D eigenvalue weighted by molar-refractivity contribution is 7.92. The average molecular weight is 673 g/mol. The summed E-state index contributed by atoms with van der Waals surface area (Å²) in [6.07, 6.45) is 0.789. The summed E-state index contributed by atoms with van der Waals surface area (Å²) >= 11 is 6.56. The summed E-state index contributed by atoms with van der Waals surface area (Å²) in [6, 6.07) is 9.80. The molecule has 46 heavy (non-hydrogen) atoms. The molecule has 2 aromatic carbocycles. The quantitative estimate of drug-likeness (QED) is 0.171. The predicted octanol–water partition coefficient (Wildman–Crippen LogP) is 6.12. The van der Waals surface area contributed by atoms with E-state index in [1.807, 2.05) is 0 Å². The molecule has 1 atom stereocenters. The fraction of sp³-hybridized carbons (Fsp3) is 0.364. The summed E-state index contributed by atoms with van der Waals surface area (Å²) in [6.45, 7) is 8.23. The molecule has 2 heterocycles. The molecular weight excluding hydrogens is 638 g/mol. The lowest BCUT2D eigenvalue weighted by Crippen LogP contribution is -2.25. The summed E-state index contributed by atoms with van der Waals surface area (Å²) in [5.74, 6) is 2.72. The van der Waals surface area contributed by atoms with Gasteiger partial charge >= 0.3 is 5.97 Å². The maximum absolute atomic E-state index is 14.3. The van der Waals surface area contributed by atoms with Gasteiger partial charge in [0.15, 0.2) is 5.82 Å². The van der Waals surface area contributed by atoms with E-state index in [1.165, 1.54) is 30.7 Å². The zero-order valence-corrected chi connectivity index (χ0v) is 28.1. The second-order valence-electron chi connectivity index (χ2n) is 12.6. The average Bonchev–Trinajstić information content (AvgIpc) is 3.20. The molecule has 0 bridgehead atoms. The van der Waals surface area contributed by atoms with Crippen LogP contribution in [-0.2, 0) is 33.0 Å². The highest BCUT2D eigenvalue weighted by Gasteiger charge is 2.28. The molecule has 0 saturated heterocycles. The number of anilines is 1. The Hall–Kier alpha value is -4.05. The van der Waals surface area contributed by atoms with Gasteiger partial charge in [-0.1, -0.05) is 23.6 Å². The van der Waals surface area contributed by atoms with Gasteiger partial charge in [-0.2, -0.15) is 5.10 Å². The Morgan fingerprint density at radius 1 is 1.09 bits per heavy atom. The second kappa shape index (κ2) is 13.0. The zero-order chi connectivity index (χ0) is 34.2. The van der Waals surface area contributed by atoms with E-state index in [0.717, 1.165) is 12.3 Å². The van der Waals surface area contributed by atoms with Crippen molar-refractivity contribution in [1.29, 1.82) is 0 Å². The maximum atomic E-state index is 14.3. The zero-order valence-electron chi connectivity index (χ0n) is 26.5. The van der Waals surface area contributed by atoms with Crippen LogP contribution in [-0.4, -0.2) is 51.7 Å². The van der Waals surface area contributed by atoms with E-state index in [1.54, 1.807) is 52.1 Å².